The summed E-state index contributed by atoms with van der Waals surface area (Å²) in [5.41, 5.74) is 5.19. The molecule has 0 atom stereocenters. The fraction of sp³-hybridized carbons (Fsp3) is 0.185. The Hall–Kier alpha value is -4.04. The van der Waals surface area contributed by atoms with Gasteiger partial charge in [0.15, 0.2) is 0 Å². The van der Waals surface area contributed by atoms with E-state index in [1.54, 1.807) is 11.3 Å². The van der Waals surface area contributed by atoms with Crippen molar-refractivity contribution in [2.75, 3.05) is 10.6 Å². The fourth-order valence-electron chi connectivity index (χ4n) is 3.29. The number of carbonyl (C=O) groups is 1. The average molecular weight is 488 g/mol. The number of nitrogens with zero attached hydrogens (tertiary/aromatic N) is 3. The summed E-state index contributed by atoms with van der Waals surface area (Å²) in [5.74, 6) is -1.08. The van der Waals surface area contributed by atoms with Crippen molar-refractivity contribution in [1.82, 2.24) is 0 Å². The molecule has 0 saturated carbocycles. The Labute approximate surface area is 209 Å². The number of carboxylic acid groups (broad SMARTS) is 1. The molecule has 0 aliphatic heterocycles. The van der Waals surface area contributed by atoms with Gasteiger partial charge in [0.25, 0.3) is 0 Å². The number of aromatic nitrogens is 1. The Kier molecular flexibility index (Phi) is 9.50. The molecule has 0 saturated heterocycles. The second kappa shape index (κ2) is 13.0. The van der Waals surface area contributed by atoms with E-state index in [0.717, 1.165) is 35.7 Å². The third kappa shape index (κ3) is 8.35. The largest absolute Gasteiger partial charge is 0.550 e. The molecule has 0 aliphatic carbocycles. The Balaban J connectivity index is 0.000000795. The quantitative estimate of drug-likeness (QED) is 0.261. The summed E-state index contributed by atoms with van der Waals surface area (Å²) >= 11 is 1.63. The molecule has 1 heterocycles. The molecule has 0 radical (unpaired) electrons. The zero-order valence-corrected chi connectivity index (χ0v) is 20.9. The second-order valence-corrected chi connectivity index (χ2v) is 9.02. The third-order valence-electron chi connectivity index (χ3n) is 4.85. The standard InChI is InChI=1S/C25H25N5S.C2H4O2/c1-19-18-30(2)25(31-19)29-28-23-15-9-14-22(26-16-20-10-5-3-6-11-20)24(23)27-17-21-12-7-4-8-13-21;1-2(3)4/h3-15,18H,16-17H2,1-2H3,(H,26,28);1H3,(H,3,4). The van der Waals surface area contributed by atoms with Crippen molar-refractivity contribution in [3.63, 3.8) is 0 Å². The van der Waals surface area contributed by atoms with E-state index in [2.05, 4.69) is 88.6 Å². The molecule has 0 bridgehead atoms. The van der Waals surface area contributed by atoms with Crippen molar-refractivity contribution in [2.45, 2.75) is 26.9 Å². The number of para-hydroxylation sites is 1. The number of benzene rings is 3. The number of rotatable bonds is 8. The third-order valence-corrected chi connectivity index (χ3v) is 5.83. The number of aliphatic carboxylic acids is 1. The monoisotopic (exact) mass is 487 g/mol. The first kappa shape index (κ1) is 25.6. The van der Waals surface area contributed by atoms with Crippen molar-refractivity contribution in [1.29, 1.82) is 0 Å². The zero-order chi connectivity index (χ0) is 25.0. The molecule has 0 fully saturated rings. The number of thiazole rings is 1. The summed E-state index contributed by atoms with van der Waals surface area (Å²) in [6.45, 7) is 4.49. The van der Waals surface area contributed by atoms with E-state index in [-0.39, 0.29) is 0 Å². The number of hydrogen-bond acceptors (Lipinski definition) is 7. The summed E-state index contributed by atoms with van der Waals surface area (Å²) < 4.78 is 2.00. The predicted molar refractivity (Wildman–Crippen MR) is 139 cm³/mol. The lowest BCUT2D eigenvalue weighted by Crippen LogP contribution is -2.23. The maximum absolute atomic E-state index is 8.89. The summed E-state index contributed by atoms with van der Waals surface area (Å²) in [5, 5.41) is 26.0. The van der Waals surface area contributed by atoms with E-state index >= 15 is 0 Å². The van der Waals surface area contributed by atoms with Crippen molar-refractivity contribution < 1.29 is 14.5 Å². The van der Waals surface area contributed by atoms with E-state index in [0.29, 0.717) is 6.54 Å². The predicted octanol–water partition coefficient (Wildman–Crippen LogP) is 5.28. The Morgan fingerprint density at radius 3 is 2.00 bits per heavy atom. The molecule has 0 unspecified atom stereocenters. The smallest absolute Gasteiger partial charge is 0.408 e. The van der Waals surface area contributed by atoms with Crippen molar-refractivity contribution in [3.05, 3.63) is 101 Å². The van der Waals surface area contributed by atoms with Crippen LogP contribution in [0.3, 0.4) is 0 Å². The van der Waals surface area contributed by atoms with E-state index in [1.165, 1.54) is 16.0 Å². The molecular formula is C27H29N5O2S. The van der Waals surface area contributed by atoms with Gasteiger partial charge in [-0.1, -0.05) is 66.7 Å². The first-order chi connectivity index (χ1) is 16.9. The van der Waals surface area contributed by atoms with Gasteiger partial charge >= 0.3 is 5.13 Å². The lowest BCUT2D eigenvalue weighted by Gasteiger charge is -2.15. The van der Waals surface area contributed by atoms with Gasteiger partial charge in [0.2, 0.25) is 0 Å². The highest BCUT2D eigenvalue weighted by Gasteiger charge is 2.14. The van der Waals surface area contributed by atoms with Crippen LogP contribution in [0.5, 0.6) is 0 Å². The summed E-state index contributed by atoms with van der Waals surface area (Å²) in [7, 11) is 1.99. The van der Waals surface area contributed by atoms with Crippen LogP contribution in [0.15, 0.2) is 95.3 Å². The van der Waals surface area contributed by atoms with Crippen molar-refractivity contribution in [2.24, 2.45) is 17.3 Å². The van der Waals surface area contributed by atoms with Crippen molar-refractivity contribution >= 4 is 39.5 Å². The van der Waals surface area contributed by atoms with Gasteiger partial charge in [0, 0.05) is 23.9 Å². The Morgan fingerprint density at radius 2 is 1.46 bits per heavy atom. The van der Waals surface area contributed by atoms with Crippen LogP contribution in [0.1, 0.15) is 22.9 Å². The van der Waals surface area contributed by atoms with E-state index in [4.69, 9.17) is 9.90 Å². The molecule has 1 aromatic heterocycles. The second-order valence-electron chi connectivity index (χ2n) is 7.80. The van der Waals surface area contributed by atoms with Crippen LogP contribution in [0.25, 0.3) is 0 Å². The molecule has 2 N–H and O–H groups in total. The Bertz CT molecular complexity index is 1250. The maximum atomic E-state index is 8.89. The minimum atomic E-state index is -1.08. The van der Waals surface area contributed by atoms with Crippen molar-refractivity contribution in [3.8, 4) is 0 Å². The first-order valence-electron chi connectivity index (χ1n) is 11.2. The average Bonchev–Trinajstić information content (AvgIpc) is 3.18. The fourth-order valence-corrected chi connectivity index (χ4v) is 4.07. The van der Waals surface area contributed by atoms with Gasteiger partial charge in [-0.25, -0.2) is 4.57 Å². The maximum Gasteiger partial charge on any atom is 0.408 e. The van der Waals surface area contributed by atoms with Gasteiger partial charge in [-0.05, 0) is 53.6 Å². The zero-order valence-electron chi connectivity index (χ0n) is 20.1. The van der Waals surface area contributed by atoms with Gasteiger partial charge in [0.1, 0.15) is 11.9 Å². The molecule has 35 heavy (non-hydrogen) atoms. The lowest BCUT2D eigenvalue weighted by atomic mass is 10.1. The molecule has 4 aromatic rings. The Morgan fingerprint density at radius 1 is 0.886 bits per heavy atom. The molecule has 0 amide bonds. The highest BCUT2D eigenvalue weighted by atomic mass is 32.1. The summed E-state index contributed by atoms with van der Waals surface area (Å²) in [6.07, 6.45) is 2.06. The normalized spacial score (nSPS) is 10.5. The van der Waals surface area contributed by atoms with Gasteiger partial charge in [-0.15, -0.1) is 0 Å². The van der Waals surface area contributed by atoms with Crippen LogP contribution in [0.4, 0.5) is 22.2 Å². The minimum Gasteiger partial charge on any atom is -0.550 e. The molecule has 3 aromatic carbocycles. The molecular weight excluding hydrogens is 458 g/mol. The van der Waals surface area contributed by atoms with Crippen LogP contribution in [-0.2, 0) is 24.9 Å². The van der Waals surface area contributed by atoms with Gasteiger partial charge in [0.05, 0.1) is 23.5 Å². The summed E-state index contributed by atoms with van der Waals surface area (Å²) in [4.78, 5) is 10.1. The van der Waals surface area contributed by atoms with Gasteiger partial charge in [-0.3, -0.25) is 0 Å². The molecule has 8 heteroatoms. The number of azo groups is 1. The summed E-state index contributed by atoms with van der Waals surface area (Å²) in [6, 6.07) is 26.8. The molecule has 7 nitrogen and oxygen atoms in total. The van der Waals surface area contributed by atoms with E-state index in [9.17, 15) is 0 Å². The number of anilines is 2. The number of aryl methyl sites for hydroxylation is 2. The van der Waals surface area contributed by atoms with E-state index in [1.807, 2.05) is 35.9 Å². The first-order valence-corrected chi connectivity index (χ1v) is 12.0. The van der Waals surface area contributed by atoms with Crippen LogP contribution in [-0.4, -0.2) is 5.97 Å². The van der Waals surface area contributed by atoms with Crippen LogP contribution < -0.4 is 20.3 Å². The lowest BCUT2D eigenvalue weighted by molar-refractivity contribution is -0.654. The topological polar surface area (TPSA) is 92.8 Å². The van der Waals surface area contributed by atoms with Crippen LogP contribution in [0, 0.1) is 6.92 Å². The van der Waals surface area contributed by atoms with E-state index < -0.39 is 5.97 Å². The number of carboxylic acids is 1. The molecule has 0 spiro atoms. The SMILES string of the molecule is CC(=O)[O-].Cc1c[n+](C)c(N=Nc2cccc(NCc3ccccc3)c2NCc2ccccc2)s1. The number of carbonyl (C=O) groups excluding carboxylic acids is 1. The number of hydrogen-bond donors (Lipinski definition) is 2. The molecule has 0 aliphatic rings. The highest BCUT2D eigenvalue weighted by Crippen LogP contribution is 2.35. The molecule has 4 rings (SSSR count). The van der Waals surface area contributed by atoms with Crippen LogP contribution in [0.2, 0.25) is 0 Å². The molecule has 180 valence electrons. The van der Waals surface area contributed by atoms with Gasteiger partial charge < -0.3 is 20.5 Å². The highest BCUT2D eigenvalue weighted by molar-refractivity contribution is 7.14. The minimum absolute atomic E-state index is 0.708. The van der Waals surface area contributed by atoms with Crippen LogP contribution >= 0.6 is 11.3 Å². The van der Waals surface area contributed by atoms with Gasteiger partial charge in [-0.2, -0.15) is 0 Å². The number of nitrogens with one attached hydrogen (secondary N) is 2.